The highest BCUT2D eigenvalue weighted by Crippen LogP contribution is 2.39. The molecule has 1 N–H and O–H groups in total. The third kappa shape index (κ3) is 3.84. The highest BCUT2D eigenvalue weighted by molar-refractivity contribution is 7.96. The van der Waals surface area contributed by atoms with Crippen LogP contribution in [0.15, 0.2) is 49.1 Å². The molecule has 3 heterocycles. The standard InChI is InChI=1S/C17H15NO7S4/c19-17(16-15-13(10-27-16)24-6-7-25-15)18-29(22,23)14-8-12(9-26-14)28(20,21)11-4-2-1-3-5-11/h2,4-5,8-10H,1,3,6-7H2,(H,18,19). The van der Waals surface area contributed by atoms with E-state index in [-0.39, 0.29) is 31.2 Å². The molecular formula is C17H15NO7S4. The molecule has 2 aliphatic rings. The molecule has 1 aliphatic heterocycles. The third-order valence-corrected chi connectivity index (χ3v) is 9.77. The highest BCUT2D eigenvalue weighted by atomic mass is 32.2. The molecule has 2 aromatic heterocycles. The van der Waals surface area contributed by atoms with E-state index in [2.05, 4.69) is 0 Å². The van der Waals surface area contributed by atoms with Crippen molar-refractivity contribution < 1.29 is 31.1 Å². The van der Waals surface area contributed by atoms with Crippen LogP contribution in [0.1, 0.15) is 22.5 Å². The number of ether oxygens (including phenoxy) is 2. The molecule has 0 bridgehead atoms. The predicted octanol–water partition coefficient (Wildman–Crippen LogP) is 2.71. The molecule has 2 aromatic rings. The van der Waals surface area contributed by atoms with Gasteiger partial charge in [-0.05, 0) is 25.0 Å². The van der Waals surface area contributed by atoms with E-state index >= 15 is 0 Å². The Labute approximate surface area is 175 Å². The first-order chi connectivity index (χ1) is 13.8. The lowest BCUT2D eigenvalue weighted by atomic mass is 10.2. The lowest BCUT2D eigenvalue weighted by Crippen LogP contribution is -2.30. The number of carbonyl (C=O) groups excluding carboxylic acids is 1. The summed E-state index contributed by atoms with van der Waals surface area (Å²) in [6.45, 7) is 0.606. The van der Waals surface area contributed by atoms with Gasteiger partial charge >= 0.3 is 0 Å². The molecule has 0 unspecified atom stereocenters. The number of sulfone groups is 1. The van der Waals surface area contributed by atoms with Crippen LogP contribution in [-0.2, 0) is 19.9 Å². The fourth-order valence-corrected chi connectivity index (χ4v) is 7.59. The minimum Gasteiger partial charge on any atom is -0.485 e. The SMILES string of the molecule is O=C(NS(=O)(=O)c1cc(S(=O)(=O)C2=CCCC=C2)cs1)c1scc2c1OCCO2. The summed E-state index contributed by atoms with van der Waals surface area (Å²) in [6, 6.07) is 1.06. The van der Waals surface area contributed by atoms with Gasteiger partial charge in [0.25, 0.3) is 15.9 Å². The van der Waals surface area contributed by atoms with Crippen molar-refractivity contribution >= 4 is 48.4 Å². The number of hydrogen-bond acceptors (Lipinski definition) is 9. The largest absolute Gasteiger partial charge is 0.485 e. The summed E-state index contributed by atoms with van der Waals surface area (Å²) in [4.78, 5) is 12.6. The molecule has 0 radical (unpaired) electrons. The fraction of sp³-hybridized carbons (Fsp3) is 0.235. The molecule has 0 saturated heterocycles. The zero-order valence-electron chi connectivity index (χ0n) is 14.8. The van der Waals surface area contributed by atoms with Gasteiger partial charge in [-0.2, -0.15) is 0 Å². The second kappa shape index (κ2) is 7.59. The van der Waals surface area contributed by atoms with Crippen molar-refractivity contribution in [3.63, 3.8) is 0 Å². The van der Waals surface area contributed by atoms with Crippen molar-refractivity contribution in [3.8, 4) is 11.5 Å². The zero-order chi connectivity index (χ0) is 20.6. The fourth-order valence-electron chi connectivity index (χ4n) is 2.75. The quantitative estimate of drug-likeness (QED) is 0.710. The second-order valence-corrected chi connectivity index (χ2v) is 11.7. The van der Waals surface area contributed by atoms with Gasteiger partial charge in [-0.3, -0.25) is 4.79 Å². The first kappa shape index (κ1) is 20.1. The van der Waals surface area contributed by atoms with Gasteiger partial charge < -0.3 is 9.47 Å². The van der Waals surface area contributed by atoms with Gasteiger partial charge in [0, 0.05) is 10.8 Å². The normalized spacial score (nSPS) is 16.3. The minimum absolute atomic E-state index is 0.0742. The van der Waals surface area contributed by atoms with Gasteiger partial charge in [-0.1, -0.05) is 12.2 Å². The Bertz CT molecular complexity index is 1230. The van der Waals surface area contributed by atoms with Gasteiger partial charge in [0.2, 0.25) is 9.84 Å². The van der Waals surface area contributed by atoms with E-state index in [0.29, 0.717) is 18.8 Å². The summed E-state index contributed by atoms with van der Waals surface area (Å²) in [5.74, 6) is -0.265. The molecule has 12 heteroatoms. The number of carbonyl (C=O) groups is 1. The van der Waals surface area contributed by atoms with Crippen molar-refractivity contribution in [1.29, 1.82) is 0 Å². The van der Waals surface area contributed by atoms with Crippen LogP contribution in [0.5, 0.6) is 11.5 Å². The summed E-state index contributed by atoms with van der Waals surface area (Å²) in [5.41, 5.74) is 0. The highest BCUT2D eigenvalue weighted by Gasteiger charge is 2.29. The van der Waals surface area contributed by atoms with Crippen LogP contribution in [0.3, 0.4) is 0 Å². The van der Waals surface area contributed by atoms with E-state index in [1.54, 1.807) is 17.5 Å². The molecule has 1 aliphatic carbocycles. The first-order valence-electron chi connectivity index (χ1n) is 8.43. The number of sulfonamides is 1. The Hall–Kier alpha value is -2.15. The molecule has 29 heavy (non-hydrogen) atoms. The molecule has 0 atom stereocenters. The minimum atomic E-state index is -4.25. The third-order valence-electron chi connectivity index (χ3n) is 4.13. The van der Waals surface area contributed by atoms with E-state index in [9.17, 15) is 21.6 Å². The Balaban J connectivity index is 1.57. The number of rotatable bonds is 5. The molecule has 0 saturated carbocycles. The number of amides is 1. The smallest absolute Gasteiger partial charge is 0.279 e. The van der Waals surface area contributed by atoms with E-state index in [4.69, 9.17) is 9.47 Å². The monoisotopic (exact) mass is 473 g/mol. The van der Waals surface area contributed by atoms with Crippen LogP contribution in [-0.4, -0.2) is 36.0 Å². The lowest BCUT2D eigenvalue weighted by molar-refractivity contribution is 0.0976. The molecular weight excluding hydrogens is 458 g/mol. The van der Waals surface area contributed by atoms with E-state index in [0.717, 1.165) is 35.2 Å². The molecule has 154 valence electrons. The maximum Gasteiger partial charge on any atom is 0.279 e. The Kier molecular flexibility index (Phi) is 5.27. The van der Waals surface area contributed by atoms with E-state index in [1.165, 1.54) is 11.5 Å². The van der Waals surface area contributed by atoms with Gasteiger partial charge in [0.15, 0.2) is 11.5 Å². The van der Waals surface area contributed by atoms with E-state index < -0.39 is 25.8 Å². The number of allylic oxidation sites excluding steroid dienone is 3. The zero-order valence-corrected chi connectivity index (χ0v) is 18.0. The second-order valence-electron chi connectivity index (χ2n) is 6.08. The van der Waals surface area contributed by atoms with Gasteiger partial charge in [0.1, 0.15) is 22.3 Å². The lowest BCUT2D eigenvalue weighted by Gasteiger charge is -2.15. The number of thiophene rings is 2. The molecule has 0 aromatic carbocycles. The van der Waals surface area contributed by atoms with Crippen LogP contribution in [0.25, 0.3) is 0 Å². The molecule has 8 nitrogen and oxygen atoms in total. The van der Waals surface area contributed by atoms with Gasteiger partial charge in [0.05, 0.1) is 9.80 Å². The Morgan fingerprint density at radius 1 is 1.03 bits per heavy atom. The summed E-state index contributed by atoms with van der Waals surface area (Å²) in [7, 11) is -8.07. The van der Waals surface area contributed by atoms with Crippen LogP contribution >= 0.6 is 22.7 Å². The summed E-state index contributed by atoms with van der Waals surface area (Å²) >= 11 is 1.73. The topological polar surface area (TPSA) is 116 Å². The maximum absolute atomic E-state index is 12.7. The number of nitrogens with one attached hydrogen (secondary N) is 1. The summed E-state index contributed by atoms with van der Waals surface area (Å²) in [6.07, 6.45) is 6.23. The van der Waals surface area contributed by atoms with Crippen molar-refractivity contribution in [2.45, 2.75) is 21.9 Å². The van der Waals surface area contributed by atoms with Gasteiger partial charge in [-0.25, -0.2) is 21.6 Å². The van der Waals surface area contributed by atoms with Crippen molar-refractivity contribution in [1.82, 2.24) is 4.72 Å². The van der Waals surface area contributed by atoms with Crippen LogP contribution in [0.2, 0.25) is 0 Å². The van der Waals surface area contributed by atoms with Gasteiger partial charge in [-0.15, -0.1) is 22.7 Å². The first-order valence-corrected chi connectivity index (χ1v) is 13.2. The van der Waals surface area contributed by atoms with Crippen molar-refractivity contribution in [2.24, 2.45) is 0 Å². The average molecular weight is 474 g/mol. The van der Waals surface area contributed by atoms with Crippen molar-refractivity contribution in [2.75, 3.05) is 13.2 Å². The molecule has 0 fully saturated rings. The van der Waals surface area contributed by atoms with E-state index in [1.807, 2.05) is 4.72 Å². The predicted molar refractivity (Wildman–Crippen MR) is 108 cm³/mol. The van der Waals surface area contributed by atoms with Crippen LogP contribution in [0.4, 0.5) is 0 Å². The average Bonchev–Trinajstić information content (AvgIpc) is 3.36. The van der Waals surface area contributed by atoms with Crippen LogP contribution in [0, 0.1) is 0 Å². The number of fused-ring (bicyclic) bond motifs is 1. The Morgan fingerprint density at radius 2 is 1.83 bits per heavy atom. The maximum atomic E-state index is 12.7. The molecule has 4 rings (SSSR count). The number of hydrogen-bond donors (Lipinski definition) is 1. The molecule has 0 spiro atoms. The summed E-state index contributed by atoms with van der Waals surface area (Å²) in [5, 5.41) is 2.82. The molecule has 1 amide bonds. The summed E-state index contributed by atoms with van der Waals surface area (Å²) < 4.78 is 63.0. The Morgan fingerprint density at radius 3 is 2.59 bits per heavy atom. The van der Waals surface area contributed by atoms with Crippen molar-refractivity contribution in [3.05, 3.63) is 44.8 Å². The van der Waals surface area contributed by atoms with Crippen LogP contribution < -0.4 is 14.2 Å².